The monoisotopic (exact) mass is 437 g/mol. The van der Waals surface area contributed by atoms with E-state index in [2.05, 4.69) is 20.8 Å². The Morgan fingerprint density at radius 2 is 1.90 bits per heavy atom. The quantitative estimate of drug-likeness (QED) is 0.687. The molecule has 0 bridgehead atoms. The maximum absolute atomic E-state index is 12.9. The predicted octanol–water partition coefficient (Wildman–Crippen LogP) is 0.807. The molecule has 3 heterocycles. The second kappa shape index (κ2) is 8.56. The van der Waals surface area contributed by atoms with Crippen molar-refractivity contribution >= 4 is 33.2 Å². The number of amides is 2. The summed E-state index contributed by atoms with van der Waals surface area (Å²) in [6, 6.07) is 0. The van der Waals surface area contributed by atoms with Gasteiger partial charge in [0.1, 0.15) is 5.69 Å². The van der Waals surface area contributed by atoms with Crippen molar-refractivity contribution in [2.75, 3.05) is 30.0 Å². The average molecular weight is 438 g/mol. The van der Waals surface area contributed by atoms with E-state index in [-0.39, 0.29) is 23.8 Å². The minimum absolute atomic E-state index is 0.128. The van der Waals surface area contributed by atoms with Crippen LogP contribution in [0.15, 0.2) is 12.4 Å². The lowest BCUT2D eigenvalue weighted by Crippen LogP contribution is -2.43. The van der Waals surface area contributed by atoms with E-state index in [4.69, 9.17) is 0 Å². The average Bonchev–Trinajstić information content (AvgIpc) is 3.25. The SMILES string of the molecule is CCn1ncc(NC(=O)C2CCCN(S(C)(=O)=O)C2)c1C(=O)Nc1cnn(C)c1C. The van der Waals surface area contributed by atoms with Crippen LogP contribution in [0.3, 0.4) is 0 Å². The zero-order valence-electron chi connectivity index (χ0n) is 17.5. The molecule has 2 aromatic heterocycles. The number of carbonyl (C=O) groups excluding carboxylic acids is 2. The van der Waals surface area contributed by atoms with E-state index >= 15 is 0 Å². The lowest BCUT2D eigenvalue weighted by molar-refractivity contribution is -0.120. The van der Waals surface area contributed by atoms with Crippen LogP contribution >= 0.6 is 0 Å². The minimum atomic E-state index is -3.36. The van der Waals surface area contributed by atoms with Gasteiger partial charge in [-0.2, -0.15) is 10.2 Å². The normalized spacial score (nSPS) is 17.7. The second-order valence-electron chi connectivity index (χ2n) is 7.39. The number of rotatable bonds is 6. The summed E-state index contributed by atoms with van der Waals surface area (Å²) < 4.78 is 28.1. The van der Waals surface area contributed by atoms with Crippen LogP contribution in [-0.2, 0) is 28.4 Å². The highest BCUT2D eigenvalue weighted by atomic mass is 32.2. The van der Waals surface area contributed by atoms with Crippen LogP contribution in [0.5, 0.6) is 0 Å². The van der Waals surface area contributed by atoms with Crippen molar-refractivity contribution in [3.8, 4) is 0 Å². The van der Waals surface area contributed by atoms with Crippen LogP contribution in [0.4, 0.5) is 11.4 Å². The van der Waals surface area contributed by atoms with E-state index in [1.165, 1.54) is 15.2 Å². The number of hydrogen-bond acceptors (Lipinski definition) is 6. The van der Waals surface area contributed by atoms with Crippen molar-refractivity contribution in [2.24, 2.45) is 13.0 Å². The number of aryl methyl sites for hydroxylation is 2. The van der Waals surface area contributed by atoms with Crippen LogP contribution in [0.1, 0.15) is 35.9 Å². The molecule has 1 fully saturated rings. The molecule has 30 heavy (non-hydrogen) atoms. The first-order chi connectivity index (χ1) is 14.1. The van der Waals surface area contributed by atoms with Crippen LogP contribution in [0.25, 0.3) is 0 Å². The third kappa shape index (κ3) is 4.54. The van der Waals surface area contributed by atoms with Crippen LogP contribution < -0.4 is 10.6 Å². The summed E-state index contributed by atoms with van der Waals surface area (Å²) in [6.07, 6.45) is 5.31. The number of hydrogen-bond donors (Lipinski definition) is 2. The number of nitrogens with one attached hydrogen (secondary N) is 2. The maximum Gasteiger partial charge on any atom is 0.276 e. The number of anilines is 2. The third-order valence-corrected chi connectivity index (χ3v) is 6.59. The molecule has 2 aromatic rings. The molecule has 0 saturated carbocycles. The first-order valence-corrected chi connectivity index (χ1v) is 11.6. The van der Waals surface area contributed by atoms with E-state index < -0.39 is 21.8 Å². The van der Waals surface area contributed by atoms with Gasteiger partial charge in [0.25, 0.3) is 5.91 Å². The highest BCUT2D eigenvalue weighted by molar-refractivity contribution is 7.88. The van der Waals surface area contributed by atoms with Crippen molar-refractivity contribution < 1.29 is 18.0 Å². The number of nitrogens with zero attached hydrogens (tertiary/aromatic N) is 5. The van der Waals surface area contributed by atoms with Crippen LogP contribution in [0, 0.1) is 12.8 Å². The van der Waals surface area contributed by atoms with Gasteiger partial charge >= 0.3 is 0 Å². The Bertz CT molecular complexity index is 1060. The zero-order valence-corrected chi connectivity index (χ0v) is 18.4. The molecular weight excluding hydrogens is 410 g/mol. The molecule has 0 aliphatic carbocycles. The van der Waals surface area contributed by atoms with Crippen molar-refractivity contribution in [3.63, 3.8) is 0 Å². The molecule has 0 radical (unpaired) electrons. The molecule has 2 amide bonds. The van der Waals surface area contributed by atoms with Gasteiger partial charge in [0.05, 0.1) is 41.6 Å². The van der Waals surface area contributed by atoms with E-state index in [9.17, 15) is 18.0 Å². The van der Waals surface area contributed by atoms with Gasteiger partial charge in [-0.15, -0.1) is 0 Å². The van der Waals surface area contributed by atoms with Gasteiger partial charge < -0.3 is 10.6 Å². The molecule has 2 N–H and O–H groups in total. The fourth-order valence-corrected chi connectivity index (χ4v) is 4.36. The summed E-state index contributed by atoms with van der Waals surface area (Å²) in [5, 5.41) is 13.9. The minimum Gasteiger partial charge on any atom is -0.322 e. The maximum atomic E-state index is 12.9. The van der Waals surface area contributed by atoms with Crippen LogP contribution in [0.2, 0.25) is 0 Å². The standard InChI is InChI=1S/C18H27N7O4S/c1-5-25-16(18(27)21-14-9-19-23(3)12(14)2)15(10-20-25)22-17(26)13-7-6-8-24(11-13)30(4,28)29/h9-10,13H,5-8,11H2,1-4H3,(H,21,27)(H,22,26). The Hall–Kier alpha value is -2.73. The van der Waals surface area contributed by atoms with E-state index in [0.29, 0.717) is 31.6 Å². The van der Waals surface area contributed by atoms with E-state index in [1.807, 2.05) is 13.8 Å². The van der Waals surface area contributed by atoms with Crippen LogP contribution in [-0.4, -0.2) is 63.4 Å². The molecule has 0 spiro atoms. The second-order valence-corrected chi connectivity index (χ2v) is 9.38. The summed E-state index contributed by atoms with van der Waals surface area (Å²) in [7, 11) is -1.58. The number of piperidine rings is 1. The topological polar surface area (TPSA) is 131 Å². The van der Waals surface area contributed by atoms with Crippen molar-refractivity contribution in [1.82, 2.24) is 23.9 Å². The number of aromatic nitrogens is 4. The number of carbonyl (C=O) groups is 2. The van der Waals surface area contributed by atoms with E-state index in [0.717, 1.165) is 11.9 Å². The van der Waals surface area contributed by atoms with Gasteiger partial charge in [0.2, 0.25) is 15.9 Å². The zero-order chi connectivity index (χ0) is 22.1. The molecule has 164 valence electrons. The van der Waals surface area contributed by atoms with Gasteiger partial charge in [-0.3, -0.25) is 19.0 Å². The van der Waals surface area contributed by atoms with Gasteiger partial charge in [-0.25, -0.2) is 12.7 Å². The number of sulfonamides is 1. The molecular formula is C18H27N7O4S. The molecule has 1 aliphatic heterocycles. The van der Waals surface area contributed by atoms with Crippen molar-refractivity contribution in [3.05, 3.63) is 23.8 Å². The summed E-state index contributed by atoms with van der Waals surface area (Å²) in [4.78, 5) is 25.7. The fraction of sp³-hybridized carbons (Fsp3) is 0.556. The van der Waals surface area contributed by atoms with Crippen molar-refractivity contribution in [2.45, 2.75) is 33.2 Å². The van der Waals surface area contributed by atoms with Gasteiger partial charge in [-0.1, -0.05) is 0 Å². The van der Waals surface area contributed by atoms with E-state index in [1.54, 1.807) is 17.9 Å². The van der Waals surface area contributed by atoms with Gasteiger partial charge in [0.15, 0.2) is 0 Å². The Kier molecular flexibility index (Phi) is 6.27. The first kappa shape index (κ1) is 22.0. The first-order valence-electron chi connectivity index (χ1n) is 9.73. The van der Waals surface area contributed by atoms with Gasteiger partial charge in [-0.05, 0) is 26.7 Å². The molecule has 12 heteroatoms. The summed E-state index contributed by atoms with van der Waals surface area (Å²) in [5.74, 6) is -1.23. The molecule has 1 aliphatic rings. The fourth-order valence-electron chi connectivity index (χ4n) is 3.45. The Morgan fingerprint density at radius 1 is 1.20 bits per heavy atom. The third-order valence-electron chi connectivity index (χ3n) is 5.32. The lowest BCUT2D eigenvalue weighted by Gasteiger charge is -2.30. The van der Waals surface area contributed by atoms with Gasteiger partial charge in [0, 0.05) is 26.7 Å². The largest absolute Gasteiger partial charge is 0.322 e. The highest BCUT2D eigenvalue weighted by Gasteiger charge is 2.31. The summed E-state index contributed by atoms with van der Waals surface area (Å²) in [5.41, 5.74) is 1.88. The lowest BCUT2D eigenvalue weighted by atomic mass is 9.98. The smallest absolute Gasteiger partial charge is 0.276 e. The molecule has 1 saturated heterocycles. The molecule has 1 unspecified atom stereocenters. The molecule has 1 atom stereocenters. The molecule has 3 rings (SSSR count). The highest BCUT2D eigenvalue weighted by Crippen LogP contribution is 2.23. The summed E-state index contributed by atoms with van der Waals surface area (Å²) >= 11 is 0. The Morgan fingerprint density at radius 3 is 2.50 bits per heavy atom. The summed E-state index contributed by atoms with van der Waals surface area (Å²) in [6.45, 7) is 4.66. The molecule has 0 aromatic carbocycles. The van der Waals surface area contributed by atoms with Crippen molar-refractivity contribution in [1.29, 1.82) is 0 Å². The Balaban J connectivity index is 1.78. The molecule has 11 nitrogen and oxygen atoms in total. The Labute approximate surface area is 175 Å². The predicted molar refractivity (Wildman–Crippen MR) is 112 cm³/mol.